The van der Waals surface area contributed by atoms with E-state index < -0.39 is 0 Å². The summed E-state index contributed by atoms with van der Waals surface area (Å²) < 4.78 is 5.65. The third-order valence-corrected chi connectivity index (χ3v) is 3.86. The van der Waals surface area contributed by atoms with E-state index in [4.69, 9.17) is 4.74 Å². The molecule has 0 unspecified atom stereocenters. The van der Waals surface area contributed by atoms with Gasteiger partial charge in [0.25, 0.3) is 5.91 Å². The fraction of sp³-hybridized carbons (Fsp3) is 0.227. The minimum atomic E-state index is -0.238. The van der Waals surface area contributed by atoms with Gasteiger partial charge < -0.3 is 15.4 Å². The zero-order valence-corrected chi connectivity index (χ0v) is 16.3. The molecule has 1 aromatic heterocycles. The van der Waals surface area contributed by atoms with Crippen LogP contribution in [0.15, 0.2) is 60.7 Å². The molecule has 144 valence electrons. The highest BCUT2D eigenvalue weighted by Crippen LogP contribution is 2.20. The Bertz CT molecular complexity index is 925. The van der Waals surface area contributed by atoms with Crippen LogP contribution in [0.2, 0.25) is 0 Å². The van der Waals surface area contributed by atoms with Crippen LogP contribution in [0, 0.1) is 6.92 Å². The molecule has 3 rings (SSSR count). The average molecular weight is 376 g/mol. The summed E-state index contributed by atoms with van der Waals surface area (Å²) in [4.78, 5) is 21.1. The molecule has 2 N–H and O–H groups in total. The lowest BCUT2D eigenvalue weighted by Crippen LogP contribution is -2.24. The first-order valence-corrected chi connectivity index (χ1v) is 9.21. The maximum Gasteiger partial charge on any atom is 0.270 e. The number of benzene rings is 2. The summed E-state index contributed by atoms with van der Waals surface area (Å²) in [5.74, 6) is 1.66. The molecule has 28 heavy (non-hydrogen) atoms. The van der Waals surface area contributed by atoms with Gasteiger partial charge in [-0.2, -0.15) is 0 Å². The van der Waals surface area contributed by atoms with Gasteiger partial charge >= 0.3 is 0 Å². The molecule has 0 spiro atoms. The van der Waals surface area contributed by atoms with Gasteiger partial charge in [0.1, 0.15) is 23.1 Å². The van der Waals surface area contributed by atoms with E-state index in [1.54, 1.807) is 13.0 Å². The molecule has 1 amide bonds. The fourth-order valence-corrected chi connectivity index (χ4v) is 2.65. The molecule has 0 aliphatic rings. The standard InChI is InChI=1S/C22H24N4O2/c1-15(2)28-19-11-9-18(10-12-19)26-21-13-20(24-16(3)25-21)22(27)23-14-17-7-5-4-6-8-17/h4-13,15H,14H2,1-3H3,(H,23,27)(H,24,25,26). The summed E-state index contributed by atoms with van der Waals surface area (Å²) in [6.07, 6.45) is 0.125. The van der Waals surface area contributed by atoms with E-state index in [9.17, 15) is 4.79 Å². The first-order chi connectivity index (χ1) is 13.5. The lowest BCUT2D eigenvalue weighted by atomic mass is 10.2. The average Bonchev–Trinajstić information content (AvgIpc) is 2.67. The predicted molar refractivity (Wildman–Crippen MR) is 110 cm³/mol. The summed E-state index contributed by atoms with van der Waals surface area (Å²) in [5.41, 5.74) is 2.21. The van der Waals surface area contributed by atoms with Crippen molar-refractivity contribution < 1.29 is 9.53 Å². The minimum absolute atomic E-state index is 0.125. The van der Waals surface area contributed by atoms with Gasteiger partial charge in [-0.15, -0.1) is 0 Å². The molecule has 0 saturated heterocycles. The zero-order chi connectivity index (χ0) is 19.9. The second-order valence-corrected chi connectivity index (χ2v) is 6.67. The van der Waals surface area contributed by atoms with Crippen LogP contribution in [0.5, 0.6) is 5.75 Å². The lowest BCUT2D eigenvalue weighted by Gasteiger charge is -2.12. The monoisotopic (exact) mass is 376 g/mol. The van der Waals surface area contributed by atoms with E-state index in [2.05, 4.69) is 20.6 Å². The normalized spacial score (nSPS) is 10.6. The van der Waals surface area contributed by atoms with Crippen LogP contribution in [0.1, 0.15) is 35.7 Å². The molecule has 0 aliphatic heterocycles. The maximum absolute atomic E-state index is 12.5. The predicted octanol–water partition coefficient (Wildman–Crippen LogP) is 4.25. The largest absolute Gasteiger partial charge is 0.491 e. The van der Waals surface area contributed by atoms with Gasteiger partial charge in [0.15, 0.2) is 0 Å². The van der Waals surface area contributed by atoms with Crippen molar-refractivity contribution in [2.45, 2.75) is 33.4 Å². The van der Waals surface area contributed by atoms with Gasteiger partial charge in [-0.05, 0) is 50.6 Å². The van der Waals surface area contributed by atoms with E-state index in [0.717, 1.165) is 17.0 Å². The number of carbonyl (C=O) groups is 1. The second kappa shape index (κ2) is 8.99. The number of hydrogen-bond acceptors (Lipinski definition) is 5. The number of amides is 1. The molecule has 0 radical (unpaired) electrons. The SMILES string of the molecule is Cc1nc(Nc2ccc(OC(C)C)cc2)cc(C(=O)NCc2ccccc2)n1. The van der Waals surface area contributed by atoms with Gasteiger partial charge in [-0.25, -0.2) is 9.97 Å². The number of aryl methyl sites for hydroxylation is 1. The van der Waals surface area contributed by atoms with Crippen LogP contribution in [0.3, 0.4) is 0 Å². The Morgan fingerprint density at radius 1 is 1.04 bits per heavy atom. The third kappa shape index (κ3) is 5.54. The summed E-state index contributed by atoms with van der Waals surface area (Å²) in [6, 6.07) is 19.0. The molecule has 0 fully saturated rings. The number of anilines is 2. The van der Waals surface area contributed by atoms with Crippen molar-refractivity contribution in [3.63, 3.8) is 0 Å². The highest BCUT2D eigenvalue weighted by molar-refractivity contribution is 5.93. The Morgan fingerprint density at radius 2 is 1.75 bits per heavy atom. The number of rotatable bonds is 7. The van der Waals surface area contributed by atoms with Gasteiger partial charge in [-0.3, -0.25) is 4.79 Å². The van der Waals surface area contributed by atoms with Crippen LogP contribution >= 0.6 is 0 Å². The van der Waals surface area contributed by atoms with Gasteiger partial charge in [0.2, 0.25) is 0 Å². The lowest BCUT2D eigenvalue weighted by molar-refractivity contribution is 0.0945. The molecule has 0 atom stereocenters. The van der Waals surface area contributed by atoms with E-state index in [0.29, 0.717) is 23.9 Å². The number of hydrogen-bond donors (Lipinski definition) is 2. The van der Waals surface area contributed by atoms with E-state index in [1.807, 2.05) is 68.4 Å². The topological polar surface area (TPSA) is 76.1 Å². The van der Waals surface area contributed by atoms with Gasteiger partial charge in [0, 0.05) is 18.3 Å². The van der Waals surface area contributed by atoms with E-state index >= 15 is 0 Å². The van der Waals surface area contributed by atoms with Crippen molar-refractivity contribution in [3.05, 3.63) is 77.7 Å². The van der Waals surface area contributed by atoms with Crippen LogP contribution in [0.25, 0.3) is 0 Å². The smallest absolute Gasteiger partial charge is 0.270 e. The van der Waals surface area contributed by atoms with Crippen LogP contribution in [-0.2, 0) is 6.54 Å². The Kier molecular flexibility index (Phi) is 6.22. The number of ether oxygens (including phenoxy) is 1. The van der Waals surface area contributed by atoms with Crippen molar-refractivity contribution in [1.29, 1.82) is 0 Å². The molecule has 6 heteroatoms. The highest BCUT2D eigenvalue weighted by atomic mass is 16.5. The molecule has 1 heterocycles. The van der Waals surface area contributed by atoms with Crippen LogP contribution in [0.4, 0.5) is 11.5 Å². The number of nitrogens with one attached hydrogen (secondary N) is 2. The molecule has 3 aromatic rings. The molecule has 0 bridgehead atoms. The van der Waals surface area contributed by atoms with Crippen molar-refractivity contribution >= 4 is 17.4 Å². The van der Waals surface area contributed by atoms with Crippen LogP contribution < -0.4 is 15.4 Å². The molecule has 6 nitrogen and oxygen atoms in total. The molecule has 0 aliphatic carbocycles. The summed E-state index contributed by atoms with van der Waals surface area (Å²) in [5, 5.41) is 6.09. The van der Waals surface area contributed by atoms with Gasteiger partial charge in [-0.1, -0.05) is 30.3 Å². The second-order valence-electron chi connectivity index (χ2n) is 6.67. The Balaban J connectivity index is 1.67. The van der Waals surface area contributed by atoms with E-state index in [-0.39, 0.29) is 12.0 Å². The minimum Gasteiger partial charge on any atom is -0.491 e. The zero-order valence-electron chi connectivity index (χ0n) is 16.3. The molecular weight excluding hydrogens is 352 g/mol. The van der Waals surface area contributed by atoms with Gasteiger partial charge in [0.05, 0.1) is 6.10 Å². The number of aromatic nitrogens is 2. The molecule has 0 saturated carbocycles. The summed E-state index contributed by atoms with van der Waals surface area (Å²) >= 11 is 0. The molecule has 2 aromatic carbocycles. The van der Waals surface area contributed by atoms with Crippen molar-refractivity contribution in [2.24, 2.45) is 0 Å². The quantitative estimate of drug-likeness (QED) is 0.645. The van der Waals surface area contributed by atoms with Crippen molar-refractivity contribution in [3.8, 4) is 5.75 Å². The van der Waals surface area contributed by atoms with Crippen molar-refractivity contribution in [1.82, 2.24) is 15.3 Å². The summed E-state index contributed by atoms with van der Waals surface area (Å²) in [7, 11) is 0. The Morgan fingerprint density at radius 3 is 2.43 bits per heavy atom. The number of nitrogens with zero attached hydrogens (tertiary/aromatic N) is 2. The van der Waals surface area contributed by atoms with Crippen molar-refractivity contribution in [2.75, 3.05) is 5.32 Å². The Hall–Kier alpha value is -3.41. The maximum atomic E-state index is 12.5. The van der Waals surface area contributed by atoms with Crippen LogP contribution in [-0.4, -0.2) is 22.0 Å². The fourth-order valence-electron chi connectivity index (χ4n) is 2.65. The first-order valence-electron chi connectivity index (χ1n) is 9.21. The Labute approximate surface area is 165 Å². The number of carbonyl (C=O) groups excluding carboxylic acids is 1. The third-order valence-electron chi connectivity index (χ3n) is 3.86. The molecular formula is C22H24N4O2. The first kappa shape index (κ1) is 19.4. The highest BCUT2D eigenvalue weighted by Gasteiger charge is 2.11. The van der Waals surface area contributed by atoms with E-state index in [1.165, 1.54) is 0 Å². The summed E-state index contributed by atoms with van der Waals surface area (Å²) in [6.45, 7) is 6.18.